The van der Waals surface area contributed by atoms with Crippen LogP contribution >= 0.6 is 12.4 Å². The highest BCUT2D eigenvalue weighted by atomic mass is 35.5. The zero-order valence-corrected chi connectivity index (χ0v) is 25.5. The first-order valence-corrected chi connectivity index (χ1v) is 15.0. The topological polar surface area (TPSA) is 52.7 Å². The molecule has 1 spiro atoms. The molecule has 0 atom stereocenters. The first-order chi connectivity index (χ1) is 20.7. The Kier molecular flexibility index (Phi) is 11.3. The molecule has 3 aromatic rings. The molecule has 5 rings (SSSR count). The lowest BCUT2D eigenvalue weighted by Crippen LogP contribution is -2.42. The van der Waals surface area contributed by atoms with Crippen molar-refractivity contribution < 1.29 is 22.8 Å². The lowest BCUT2D eigenvalue weighted by atomic mass is 9.74. The number of carbonyl (C=O) groups excluding carboxylic acids is 2. The van der Waals surface area contributed by atoms with E-state index in [-0.39, 0.29) is 49.0 Å². The second kappa shape index (κ2) is 14.9. The molecule has 0 unspecified atom stereocenters. The predicted molar refractivity (Wildman–Crippen MR) is 171 cm³/mol. The summed E-state index contributed by atoms with van der Waals surface area (Å²) < 4.78 is 38.2. The molecular formula is C35H39ClF3N3O2. The number of halogens is 4. The van der Waals surface area contributed by atoms with Crippen molar-refractivity contribution in [2.75, 3.05) is 31.1 Å². The Morgan fingerprint density at radius 2 is 1.55 bits per heavy atom. The van der Waals surface area contributed by atoms with Crippen molar-refractivity contribution in [1.82, 2.24) is 10.2 Å². The highest BCUT2D eigenvalue weighted by molar-refractivity contribution is 5.93. The fourth-order valence-electron chi connectivity index (χ4n) is 6.14. The standard InChI is InChI=1S/C35H38F3N3O2.ClH/c36-35(37,38)29-16-14-27(15-17-29)26-39-32(42)12-6-13-33(43)41(30-9-2-1-3-10-30)23-7-22-40-24-20-34(21-25-40)19-18-28-8-4-5-11-31(28)34;/h1-5,8-11,14-19H,6-7,12-13,20-26H2,(H,39,42);1H. The summed E-state index contributed by atoms with van der Waals surface area (Å²) in [4.78, 5) is 29.9. The molecule has 9 heteroatoms. The second-order valence-corrected chi connectivity index (χ2v) is 11.5. The van der Waals surface area contributed by atoms with Crippen LogP contribution in [0.3, 0.4) is 0 Å². The number of hydrogen-bond acceptors (Lipinski definition) is 3. The Morgan fingerprint density at radius 1 is 0.864 bits per heavy atom. The quantitative estimate of drug-likeness (QED) is 0.242. The Hall–Kier alpha value is -3.62. The normalized spacial score (nSPS) is 15.4. The third-order valence-electron chi connectivity index (χ3n) is 8.62. The van der Waals surface area contributed by atoms with Gasteiger partial charge in [-0.2, -0.15) is 13.2 Å². The number of hydrogen-bond donors (Lipinski definition) is 1. The van der Waals surface area contributed by atoms with Gasteiger partial charge in [0, 0.05) is 37.0 Å². The largest absolute Gasteiger partial charge is 0.416 e. The van der Waals surface area contributed by atoms with E-state index in [4.69, 9.17) is 0 Å². The van der Waals surface area contributed by atoms with E-state index in [1.165, 1.54) is 23.3 Å². The number of nitrogens with one attached hydrogen (secondary N) is 1. The van der Waals surface area contributed by atoms with Gasteiger partial charge in [-0.1, -0.05) is 66.7 Å². The number of fused-ring (bicyclic) bond motifs is 2. The lowest BCUT2D eigenvalue weighted by molar-refractivity contribution is -0.137. The van der Waals surface area contributed by atoms with Gasteiger partial charge in [0.2, 0.25) is 11.8 Å². The van der Waals surface area contributed by atoms with Crippen LogP contribution in [-0.2, 0) is 27.7 Å². The molecule has 0 aromatic heterocycles. The summed E-state index contributed by atoms with van der Waals surface area (Å²) in [5.41, 5.74) is 3.66. The SMILES string of the molecule is Cl.O=C(CCCC(=O)N(CCCN1CCC2(C=Cc3ccccc32)CC1)c1ccccc1)NCc1ccc(C(F)(F)F)cc1. The van der Waals surface area contributed by atoms with Crippen molar-refractivity contribution >= 4 is 36.0 Å². The maximum atomic E-state index is 13.3. The molecule has 1 aliphatic heterocycles. The average Bonchev–Trinajstić information content (AvgIpc) is 3.37. The molecule has 1 saturated heterocycles. The molecule has 1 fully saturated rings. The highest BCUT2D eigenvalue weighted by Crippen LogP contribution is 2.43. The number of carbonyl (C=O) groups is 2. The van der Waals surface area contributed by atoms with Gasteiger partial charge in [-0.15, -0.1) is 12.4 Å². The van der Waals surface area contributed by atoms with Crippen LogP contribution in [0.25, 0.3) is 6.08 Å². The summed E-state index contributed by atoms with van der Waals surface area (Å²) in [5, 5.41) is 2.73. The summed E-state index contributed by atoms with van der Waals surface area (Å²) in [6, 6.07) is 23.0. The highest BCUT2D eigenvalue weighted by Gasteiger charge is 2.37. The molecule has 3 aromatic carbocycles. The Bertz CT molecular complexity index is 1420. The van der Waals surface area contributed by atoms with Crippen molar-refractivity contribution in [3.8, 4) is 0 Å². The Balaban J connectivity index is 0.00000442. The summed E-state index contributed by atoms with van der Waals surface area (Å²) in [6.45, 7) is 3.72. The number of allylic oxidation sites excluding steroid dienone is 1. The minimum atomic E-state index is -4.39. The molecule has 1 heterocycles. The maximum absolute atomic E-state index is 13.3. The van der Waals surface area contributed by atoms with Crippen molar-refractivity contribution in [1.29, 1.82) is 0 Å². The molecule has 2 aliphatic rings. The number of anilines is 1. The molecule has 44 heavy (non-hydrogen) atoms. The molecule has 234 valence electrons. The van der Waals surface area contributed by atoms with Crippen LogP contribution in [0, 0.1) is 0 Å². The van der Waals surface area contributed by atoms with Crippen molar-refractivity contribution in [3.63, 3.8) is 0 Å². The molecule has 0 bridgehead atoms. The van der Waals surface area contributed by atoms with Crippen molar-refractivity contribution in [3.05, 3.63) is 107 Å². The van der Waals surface area contributed by atoms with Gasteiger partial charge in [0.15, 0.2) is 0 Å². The van der Waals surface area contributed by atoms with Gasteiger partial charge in [-0.05, 0) is 86.3 Å². The minimum Gasteiger partial charge on any atom is -0.352 e. The van der Waals surface area contributed by atoms with E-state index < -0.39 is 11.7 Å². The van der Waals surface area contributed by atoms with Gasteiger partial charge in [-0.25, -0.2) is 0 Å². The number of para-hydroxylation sites is 1. The average molecular weight is 626 g/mol. The van der Waals surface area contributed by atoms with Gasteiger partial charge in [0.25, 0.3) is 0 Å². The Labute approximate surface area is 263 Å². The monoisotopic (exact) mass is 625 g/mol. The van der Waals surface area contributed by atoms with E-state index in [2.05, 4.69) is 46.6 Å². The molecule has 1 aliphatic carbocycles. The molecule has 0 radical (unpaired) electrons. The second-order valence-electron chi connectivity index (χ2n) is 11.5. The van der Waals surface area contributed by atoms with Crippen LogP contribution in [0.1, 0.15) is 60.8 Å². The van der Waals surface area contributed by atoms with E-state index >= 15 is 0 Å². The smallest absolute Gasteiger partial charge is 0.352 e. The molecular weight excluding hydrogens is 587 g/mol. The number of likely N-dealkylation sites (tertiary alicyclic amines) is 1. The zero-order chi connectivity index (χ0) is 30.3. The molecule has 2 amide bonds. The number of amides is 2. The van der Waals surface area contributed by atoms with E-state index in [1.54, 1.807) is 0 Å². The first-order valence-electron chi connectivity index (χ1n) is 15.0. The number of rotatable bonds is 11. The first kappa shape index (κ1) is 33.3. The molecule has 5 nitrogen and oxygen atoms in total. The predicted octanol–water partition coefficient (Wildman–Crippen LogP) is 7.40. The van der Waals surface area contributed by atoms with E-state index in [1.807, 2.05) is 35.2 Å². The van der Waals surface area contributed by atoms with Crippen LogP contribution in [-0.4, -0.2) is 42.9 Å². The van der Waals surface area contributed by atoms with Crippen LogP contribution in [0.2, 0.25) is 0 Å². The molecule has 1 N–H and O–H groups in total. The summed E-state index contributed by atoms with van der Waals surface area (Å²) in [5.74, 6) is -0.256. The summed E-state index contributed by atoms with van der Waals surface area (Å²) in [7, 11) is 0. The van der Waals surface area contributed by atoms with Gasteiger partial charge in [0.05, 0.1) is 5.56 Å². The van der Waals surface area contributed by atoms with Gasteiger partial charge in [0.1, 0.15) is 0 Å². The number of alkyl halides is 3. The third-order valence-corrected chi connectivity index (χ3v) is 8.62. The van der Waals surface area contributed by atoms with E-state index in [0.29, 0.717) is 18.5 Å². The summed E-state index contributed by atoms with van der Waals surface area (Å²) >= 11 is 0. The Morgan fingerprint density at radius 3 is 2.25 bits per heavy atom. The van der Waals surface area contributed by atoms with E-state index in [9.17, 15) is 22.8 Å². The zero-order valence-electron chi connectivity index (χ0n) is 24.7. The van der Waals surface area contributed by atoms with Crippen LogP contribution < -0.4 is 10.2 Å². The minimum absolute atomic E-state index is 0. The van der Waals surface area contributed by atoms with E-state index in [0.717, 1.165) is 56.7 Å². The van der Waals surface area contributed by atoms with Crippen LogP contribution in [0.15, 0.2) is 84.9 Å². The van der Waals surface area contributed by atoms with Gasteiger partial charge in [-0.3, -0.25) is 9.59 Å². The molecule has 0 saturated carbocycles. The number of piperidine rings is 1. The fourth-order valence-corrected chi connectivity index (χ4v) is 6.14. The summed E-state index contributed by atoms with van der Waals surface area (Å²) in [6.07, 6.45) is 4.11. The lowest BCUT2D eigenvalue weighted by Gasteiger charge is -2.39. The number of benzene rings is 3. The fraction of sp³-hybridized carbons (Fsp3) is 0.371. The van der Waals surface area contributed by atoms with Gasteiger partial charge < -0.3 is 15.1 Å². The van der Waals surface area contributed by atoms with Crippen LogP contribution in [0.5, 0.6) is 0 Å². The third kappa shape index (κ3) is 8.30. The van der Waals surface area contributed by atoms with Gasteiger partial charge >= 0.3 is 6.18 Å². The van der Waals surface area contributed by atoms with Crippen LogP contribution in [0.4, 0.5) is 18.9 Å². The van der Waals surface area contributed by atoms with Crippen molar-refractivity contribution in [2.24, 2.45) is 0 Å². The van der Waals surface area contributed by atoms with Crippen molar-refractivity contribution in [2.45, 2.75) is 56.7 Å². The maximum Gasteiger partial charge on any atom is 0.416 e. The number of nitrogens with zero attached hydrogens (tertiary/aromatic N) is 2.